The SMILES string of the molecule is CCC(CC)CNc1ccccc1C(C)Cl. The van der Waals surface area contributed by atoms with E-state index in [1.807, 2.05) is 13.0 Å². The van der Waals surface area contributed by atoms with Gasteiger partial charge in [-0.25, -0.2) is 0 Å². The average Bonchev–Trinajstić information content (AvgIpc) is 2.30. The number of halogens is 1. The molecule has 1 aromatic rings. The molecule has 1 unspecified atom stereocenters. The first-order valence-electron chi connectivity index (χ1n) is 6.15. The van der Waals surface area contributed by atoms with E-state index in [4.69, 9.17) is 11.6 Å². The van der Waals surface area contributed by atoms with Crippen molar-refractivity contribution < 1.29 is 0 Å². The molecule has 0 aliphatic carbocycles. The highest BCUT2D eigenvalue weighted by Gasteiger charge is 2.08. The molecule has 1 N–H and O–H groups in total. The number of hydrogen-bond acceptors (Lipinski definition) is 1. The number of hydrogen-bond donors (Lipinski definition) is 1. The number of rotatable bonds is 6. The molecule has 0 heterocycles. The Balaban J connectivity index is 2.66. The molecular weight excluding hydrogens is 218 g/mol. The second-order valence-corrected chi connectivity index (χ2v) is 4.92. The van der Waals surface area contributed by atoms with Gasteiger partial charge in [0, 0.05) is 12.2 Å². The molecule has 1 nitrogen and oxygen atoms in total. The third-order valence-corrected chi connectivity index (χ3v) is 3.36. The van der Waals surface area contributed by atoms with Gasteiger partial charge in [0.15, 0.2) is 0 Å². The van der Waals surface area contributed by atoms with Crippen molar-refractivity contribution in [3.8, 4) is 0 Å². The predicted octanol–water partition coefficient (Wildman–Crippen LogP) is 4.83. The summed E-state index contributed by atoms with van der Waals surface area (Å²) in [4.78, 5) is 0. The number of alkyl halides is 1. The molecule has 0 spiro atoms. The maximum absolute atomic E-state index is 6.15. The molecule has 0 saturated carbocycles. The molecule has 0 radical (unpaired) electrons. The van der Waals surface area contributed by atoms with Crippen LogP contribution in [-0.4, -0.2) is 6.54 Å². The van der Waals surface area contributed by atoms with Crippen molar-refractivity contribution in [1.82, 2.24) is 0 Å². The van der Waals surface area contributed by atoms with Crippen molar-refractivity contribution in [3.05, 3.63) is 29.8 Å². The summed E-state index contributed by atoms with van der Waals surface area (Å²) in [5.41, 5.74) is 2.37. The molecule has 1 rings (SSSR count). The highest BCUT2D eigenvalue weighted by molar-refractivity contribution is 6.21. The number of benzene rings is 1. The van der Waals surface area contributed by atoms with E-state index in [1.54, 1.807) is 0 Å². The van der Waals surface area contributed by atoms with Crippen molar-refractivity contribution in [3.63, 3.8) is 0 Å². The summed E-state index contributed by atoms with van der Waals surface area (Å²) in [6.07, 6.45) is 2.45. The summed E-state index contributed by atoms with van der Waals surface area (Å²) in [5, 5.41) is 3.57. The second-order valence-electron chi connectivity index (χ2n) is 4.27. The molecular formula is C14H22ClN. The third kappa shape index (κ3) is 3.71. The van der Waals surface area contributed by atoms with Crippen molar-refractivity contribution in [2.45, 2.75) is 39.0 Å². The first-order chi connectivity index (χ1) is 7.69. The zero-order valence-corrected chi connectivity index (χ0v) is 11.2. The van der Waals surface area contributed by atoms with E-state index >= 15 is 0 Å². The van der Waals surface area contributed by atoms with Gasteiger partial charge in [-0.1, -0.05) is 44.9 Å². The number of anilines is 1. The Kier molecular flexibility index (Phi) is 5.68. The Morgan fingerprint density at radius 3 is 2.38 bits per heavy atom. The molecule has 16 heavy (non-hydrogen) atoms. The van der Waals surface area contributed by atoms with Crippen LogP contribution in [0.5, 0.6) is 0 Å². The van der Waals surface area contributed by atoms with Crippen LogP contribution in [0.1, 0.15) is 44.6 Å². The first-order valence-corrected chi connectivity index (χ1v) is 6.59. The summed E-state index contributed by atoms with van der Waals surface area (Å²) in [5.74, 6) is 0.749. The van der Waals surface area contributed by atoms with Gasteiger partial charge < -0.3 is 5.32 Å². The molecule has 0 aromatic heterocycles. The first kappa shape index (κ1) is 13.4. The fraction of sp³-hybridized carbons (Fsp3) is 0.571. The lowest BCUT2D eigenvalue weighted by molar-refractivity contribution is 0.519. The summed E-state index contributed by atoms with van der Waals surface area (Å²) in [6, 6.07) is 8.29. The minimum absolute atomic E-state index is 0.0606. The fourth-order valence-electron chi connectivity index (χ4n) is 1.84. The van der Waals surface area contributed by atoms with Crippen molar-refractivity contribution in [1.29, 1.82) is 0 Å². The van der Waals surface area contributed by atoms with E-state index in [9.17, 15) is 0 Å². The van der Waals surface area contributed by atoms with Gasteiger partial charge in [0.05, 0.1) is 5.38 Å². The lowest BCUT2D eigenvalue weighted by Crippen LogP contribution is -2.13. The normalized spacial score (nSPS) is 12.8. The summed E-state index contributed by atoms with van der Waals surface area (Å²) in [6.45, 7) is 7.53. The molecule has 1 aromatic carbocycles. The Labute approximate surface area is 104 Å². The second kappa shape index (κ2) is 6.80. The summed E-state index contributed by atoms with van der Waals surface area (Å²) < 4.78 is 0. The van der Waals surface area contributed by atoms with E-state index in [1.165, 1.54) is 24.1 Å². The minimum atomic E-state index is 0.0606. The van der Waals surface area contributed by atoms with Crippen LogP contribution < -0.4 is 5.32 Å². The summed E-state index contributed by atoms with van der Waals surface area (Å²) >= 11 is 6.15. The standard InChI is InChI=1S/C14H22ClN/c1-4-12(5-2)10-16-14-9-7-6-8-13(14)11(3)15/h6-9,11-12,16H,4-5,10H2,1-3H3. The Morgan fingerprint density at radius 1 is 1.19 bits per heavy atom. The smallest absolute Gasteiger partial charge is 0.0577 e. The lowest BCUT2D eigenvalue weighted by Gasteiger charge is -2.17. The number of para-hydroxylation sites is 1. The maximum atomic E-state index is 6.15. The average molecular weight is 240 g/mol. The van der Waals surface area contributed by atoms with Crippen LogP contribution in [0.3, 0.4) is 0 Å². The largest absolute Gasteiger partial charge is 0.385 e. The van der Waals surface area contributed by atoms with Crippen LogP contribution in [0, 0.1) is 5.92 Å². The van der Waals surface area contributed by atoms with Gasteiger partial charge in [-0.15, -0.1) is 11.6 Å². The molecule has 0 amide bonds. The molecule has 0 aliphatic heterocycles. The Morgan fingerprint density at radius 2 is 1.81 bits per heavy atom. The third-order valence-electron chi connectivity index (χ3n) is 3.13. The maximum Gasteiger partial charge on any atom is 0.0577 e. The topological polar surface area (TPSA) is 12.0 Å². The van der Waals surface area contributed by atoms with E-state index in [0.29, 0.717) is 0 Å². The van der Waals surface area contributed by atoms with Crippen molar-refractivity contribution in [2.75, 3.05) is 11.9 Å². The van der Waals surface area contributed by atoms with Gasteiger partial charge >= 0.3 is 0 Å². The lowest BCUT2D eigenvalue weighted by atomic mass is 10.0. The van der Waals surface area contributed by atoms with Crippen LogP contribution in [0.2, 0.25) is 0 Å². The van der Waals surface area contributed by atoms with Gasteiger partial charge in [-0.3, -0.25) is 0 Å². The molecule has 0 bridgehead atoms. The van der Waals surface area contributed by atoms with Crippen LogP contribution in [0.4, 0.5) is 5.69 Å². The van der Waals surface area contributed by atoms with Crippen LogP contribution >= 0.6 is 11.6 Å². The minimum Gasteiger partial charge on any atom is -0.385 e. The van der Waals surface area contributed by atoms with Gasteiger partial charge in [-0.2, -0.15) is 0 Å². The van der Waals surface area contributed by atoms with E-state index in [0.717, 1.165) is 12.5 Å². The van der Waals surface area contributed by atoms with Crippen LogP contribution in [-0.2, 0) is 0 Å². The van der Waals surface area contributed by atoms with Crippen molar-refractivity contribution >= 4 is 17.3 Å². The van der Waals surface area contributed by atoms with E-state index in [2.05, 4.69) is 37.4 Å². The highest BCUT2D eigenvalue weighted by atomic mass is 35.5. The van der Waals surface area contributed by atoms with Gasteiger partial charge in [0.25, 0.3) is 0 Å². The molecule has 1 atom stereocenters. The Hall–Kier alpha value is -0.690. The monoisotopic (exact) mass is 239 g/mol. The van der Waals surface area contributed by atoms with Gasteiger partial charge in [0.1, 0.15) is 0 Å². The molecule has 90 valence electrons. The molecule has 0 fully saturated rings. The van der Waals surface area contributed by atoms with Crippen LogP contribution in [0.15, 0.2) is 24.3 Å². The van der Waals surface area contributed by atoms with Gasteiger partial charge in [-0.05, 0) is 24.5 Å². The van der Waals surface area contributed by atoms with Crippen molar-refractivity contribution in [2.24, 2.45) is 5.92 Å². The molecule has 0 aliphatic rings. The fourth-order valence-corrected chi connectivity index (χ4v) is 2.03. The summed E-state index contributed by atoms with van der Waals surface area (Å²) in [7, 11) is 0. The van der Waals surface area contributed by atoms with E-state index in [-0.39, 0.29) is 5.38 Å². The zero-order valence-electron chi connectivity index (χ0n) is 10.5. The van der Waals surface area contributed by atoms with Gasteiger partial charge in [0.2, 0.25) is 0 Å². The number of nitrogens with one attached hydrogen (secondary N) is 1. The van der Waals surface area contributed by atoms with Crippen LogP contribution in [0.25, 0.3) is 0 Å². The highest BCUT2D eigenvalue weighted by Crippen LogP contribution is 2.27. The Bertz CT molecular complexity index is 305. The van der Waals surface area contributed by atoms with E-state index < -0.39 is 0 Å². The molecule has 2 heteroatoms. The zero-order chi connectivity index (χ0) is 12.0. The predicted molar refractivity (Wildman–Crippen MR) is 73.3 cm³/mol. The quantitative estimate of drug-likeness (QED) is 0.701. The molecule has 0 saturated heterocycles.